The first-order valence-corrected chi connectivity index (χ1v) is 6.30. The van der Waals surface area contributed by atoms with Crippen molar-refractivity contribution in [2.75, 3.05) is 6.54 Å². The number of nitrogens with two attached hydrogens (primary N) is 1. The van der Waals surface area contributed by atoms with E-state index in [9.17, 15) is 0 Å². The second-order valence-corrected chi connectivity index (χ2v) is 5.14. The average Bonchev–Trinajstić information content (AvgIpc) is 2.92. The molecule has 5 heteroatoms. The number of aromatic nitrogens is 2. The van der Waals surface area contributed by atoms with Gasteiger partial charge in [-0.15, -0.1) is 0 Å². The molecular formula is C13H17N3O2. The Morgan fingerprint density at radius 3 is 2.83 bits per heavy atom. The molecule has 96 valence electrons. The molecule has 0 spiro atoms. The molecule has 1 aliphatic carbocycles. The summed E-state index contributed by atoms with van der Waals surface area (Å²) >= 11 is 0. The van der Waals surface area contributed by atoms with E-state index in [0.717, 1.165) is 30.6 Å². The number of furan rings is 1. The van der Waals surface area contributed by atoms with Crippen molar-refractivity contribution in [1.82, 2.24) is 10.1 Å². The summed E-state index contributed by atoms with van der Waals surface area (Å²) in [5.41, 5.74) is 6.92. The van der Waals surface area contributed by atoms with Gasteiger partial charge in [-0.05, 0) is 37.8 Å². The topological polar surface area (TPSA) is 78.1 Å². The van der Waals surface area contributed by atoms with Crippen molar-refractivity contribution in [1.29, 1.82) is 0 Å². The van der Waals surface area contributed by atoms with Gasteiger partial charge in [-0.1, -0.05) is 11.6 Å². The van der Waals surface area contributed by atoms with Gasteiger partial charge in [0.15, 0.2) is 0 Å². The Balaban J connectivity index is 1.80. The lowest BCUT2D eigenvalue weighted by atomic mass is 9.67. The van der Waals surface area contributed by atoms with Gasteiger partial charge in [0.2, 0.25) is 11.7 Å². The van der Waals surface area contributed by atoms with Crippen molar-refractivity contribution in [2.45, 2.75) is 32.6 Å². The molecule has 1 saturated carbocycles. The van der Waals surface area contributed by atoms with Gasteiger partial charge in [0.1, 0.15) is 5.76 Å². The summed E-state index contributed by atoms with van der Waals surface area (Å²) in [6.45, 7) is 2.58. The highest BCUT2D eigenvalue weighted by Crippen LogP contribution is 2.42. The summed E-state index contributed by atoms with van der Waals surface area (Å²) in [5.74, 6) is 2.08. The van der Waals surface area contributed by atoms with Gasteiger partial charge in [-0.3, -0.25) is 0 Å². The maximum atomic E-state index is 5.84. The van der Waals surface area contributed by atoms with Crippen LogP contribution in [0.25, 0.3) is 11.4 Å². The second kappa shape index (κ2) is 4.24. The van der Waals surface area contributed by atoms with E-state index < -0.39 is 0 Å². The van der Waals surface area contributed by atoms with Crippen LogP contribution in [-0.2, 0) is 6.42 Å². The van der Waals surface area contributed by atoms with E-state index in [-0.39, 0.29) is 5.41 Å². The standard InChI is InChI=1S/C13H17N3O2/c1-9-10(3-6-17-9)12-15-11(18-16-12)7-13(8-14)4-2-5-13/h3,6H,2,4-5,7-8,14H2,1H3. The molecule has 2 heterocycles. The highest BCUT2D eigenvalue weighted by Gasteiger charge is 2.37. The molecule has 1 aliphatic rings. The Hall–Kier alpha value is -1.62. The summed E-state index contributed by atoms with van der Waals surface area (Å²) < 4.78 is 10.6. The van der Waals surface area contributed by atoms with E-state index in [1.165, 1.54) is 6.42 Å². The summed E-state index contributed by atoms with van der Waals surface area (Å²) in [5, 5.41) is 4.01. The van der Waals surface area contributed by atoms with Gasteiger partial charge in [-0.25, -0.2) is 0 Å². The normalized spacial score (nSPS) is 17.7. The summed E-state index contributed by atoms with van der Waals surface area (Å²) in [7, 11) is 0. The van der Waals surface area contributed by atoms with Crippen LogP contribution < -0.4 is 5.73 Å². The van der Waals surface area contributed by atoms with Crippen LogP contribution in [0.2, 0.25) is 0 Å². The molecule has 0 atom stereocenters. The molecule has 0 unspecified atom stereocenters. The molecule has 18 heavy (non-hydrogen) atoms. The fourth-order valence-electron chi connectivity index (χ4n) is 2.50. The lowest BCUT2D eigenvalue weighted by Crippen LogP contribution is -2.39. The monoisotopic (exact) mass is 247 g/mol. The van der Waals surface area contributed by atoms with Crippen molar-refractivity contribution < 1.29 is 8.94 Å². The Bertz CT molecular complexity index is 534. The fraction of sp³-hybridized carbons (Fsp3) is 0.538. The lowest BCUT2D eigenvalue weighted by molar-refractivity contribution is 0.129. The molecule has 5 nitrogen and oxygen atoms in total. The van der Waals surface area contributed by atoms with Crippen LogP contribution in [-0.4, -0.2) is 16.7 Å². The van der Waals surface area contributed by atoms with Crippen molar-refractivity contribution in [3.63, 3.8) is 0 Å². The van der Waals surface area contributed by atoms with Gasteiger partial charge in [0, 0.05) is 6.42 Å². The first-order chi connectivity index (χ1) is 8.72. The fourth-order valence-corrected chi connectivity index (χ4v) is 2.50. The second-order valence-electron chi connectivity index (χ2n) is 5.14. The number of hydrogen-bond donors (Lipinski definition) is 1. The minimum Gasteiger partial charge on any atom is -0.469 e. The molecule has 2 N–H and O–H groups in total. The van der Waals surface area contributed by atoms with Crippen molar-refractivity contribution >= 4 is 0 Å². The van der Waals surface area contributed by atoms with E-state index in [0.29, 0.717) is 18.3 Å². The zero-order valence-electron chi connectivity index (χ0n) is 10.5. The van der Waals surface area contributed by atoms with Crippen molar-refractivity contribution in [3.8, 4) is 11.4 Å². The highest BCUT2D eigenvalue weighted by molar-refractivity contribution is 5.56. The van der Waals surface area contributed by atoms with Gasteiger partial charge >= 0.3 is 0 Å². The van der Waals surface area contributed by atoms with E-state index in [1.54, 1.807) is 6.26 Å². The van der Waals surface area contributed by atoms with Crippen LogP contribution in [0.4, 0.5) is 0 Å². The van der Waals surface area contributed by atoms with Crippen LogP contribution in [0, 0.1) is 12.3 Å². The Morgan fingerprint density at radius 2 is 2.28 bits per heavy atom. The van der Waals surface area contributed by atoms with E-state index in [1.807, 2.05) is 13.0 Å². The first-order valence-electron chi connectivity index (χ1n) is 6.30. The van der Waals surface area contributed by atoms with Crippen LogP contribution >= 0.6 is 0 Å². The Morgan fingerprint density at radius 1 is 1.44 bits per heavy atom. The van der Waals surface area contributed by atoms with Crippen LogP contribution in [0.5, 0.6) is 0 Å². The van der Waals surface area contributed by atoms with E-state index in [4.69, 9.17) is 14.7 Å². The van der Waals surface area contributed by atoms with Gasteiger partial charge < -0.3 is 14.7 Å². The maximum Gasteiger partial charge on any atom is 0.227 e. The van der Waals surface area contributed by atoms with Crippen LogP contribution in [0.3, 0.4) is 0 Å². The molecule has 0 amide bonds. The van der Waals surface area contributed by atoms with Crippen molar-refractivity contribution in [2.24, 2.45) is 11.1 Å². The summed E-state index contributed by atoms with van der Waals surface area (Å²) in [4.78, 5) is 4.44. The predicted octanol–water partition coefficient (Wildman–Crippen LogP) is 2.31. The predicted molar refractivity (Wildman–Crippen MR) is 65.8 cm³/mol. The number of rotatable bonds is 4. The quantitative estimate of drug-likeness (QED) is 0.896. The number of hydrogen-bond acceptors (Lipinski definition) is 5. The smallest absolute Gasteiger partial charge is 0.227 e. The first kappa shape index (κ1) is 11.5. The third kappa shape index (κ3) is 1.84. The molecule has 0 saturated heterocycles. The third-order valence-electron chi connectivity index (χ3n) is 3.94. The third-order valence-corrected chi connectivity index (χ3v) is 3.94. The van der Waals surface area contributed by atoms with Crippen molar-refractivity contribution in [3.05, 3.63) is 24.0 Å². The lowest BCUT2D eigenvalue weighted by Gasteiger charge is -2.39. The molecule has 0 bridgehead atoms. The number of nitrogens with zero attached hydrogens (tertiary/aromatic N) is 2. The Kier molecular flexibility index (Phi) is 2.70. The van der Waals surface area contributed by atoms with Gasteiger partial charge in [-0.2, -0.15) is 4.98 Å². The maximum absolute atomic E-state index is 5.84. The number of aryl methyl sites for hydroxylation is 1. The largest absolute Gasteiger partial charge is 0.469 e. The molecule has 0 aromatic carbocycles. The molecule has 2 aromatic heterocycles. The highest BCUT2D eigenvalue weighted by atomic mass is 16.5. The Labute approximate surface area is 105 Å². The summed E-state index contributed by atoms with van der Waals surface area (Å²) in [6, 6.07) is 1.85. The average molecular weight is 247 g/mol. The van der Waals surface area contributed by atoms with Gasteiger partial charge in [0.05, 0.1) is 11.8 Å². The molecule has 0 radical (unpaired) electrons. The zero-order chi connectivity index (χ0) is 12.6. The summed E-state index contributed by atoms with van der Waals surface area (Å²) in [6.07, 6.45) is 5.98. The van der Waals surface area contributed by atoms with E-state index >= 15 is 0 Å². The molecule has 1 fully saturated rings. The SMILES string of the molecule is Cc1occc1-c1noc(CC2(CN)CCC2)n1. The minimum atomic E-state index is 0.190. The van der Waals surface area contributed by atoms with Crippen LogP contribution in [0.15, 0.2) is 21.3 Å². The molecular weight excluding hydrogens is 230 g/mol. The zero-order valence-corrected chi connectivity index (χ0v) is 10.5. The minimum absolute atomic E-state index is 0.190. The van der Waals surface area contributed by atoms with E-state index in [2.05, 4.69) is 10.1 Å². The molecule has 0 aliphatic heterocycles. The van der Waals surface area contributed by atoms with Gasteiger partial charge in [0.25, 0.3) is 0 Å². The molecule has 2 aromatic rings. The molecule has 3 rings (SSSR count). The van der Waals surface area contributed by atoms with Crippen LogP contribution in [0.1, 0.15) is 30.9 Å².